The van der Waals surface area contributed by atoms with Crippen LogP contribution in [0.2, 0.25) is 0 Å². The van der Waals surface area contributed by atoms with Gasteiger partial charge in [-0.25, -0.2) is 9.97 Å². The van der Waals surface area contributed by atoms with Gasteiger partial charge in [-0.3, -0.25) is 9.89 Å². The first-order valence-electron chi connectivity index (χ1n) is 7.88. The lowest BCUT2D eigenvalue weighted by Gasteiger charge is -2.36. The Morgan fingerprint density at radius 1 is 1.21 bits per heavy atom. The minimum Gasteiger partial charge on any atom is -0.381 e. The van der Waals surface area contributed by atoms with E-state index in [0.29, 0.717) is 37.4 Å². The van der Waals surface area contributed by atoms with Crippen molar-refractivity contribution in [3.05, 3.63) is 54.2 Å². The van der Waals surface area contributed by atoms with E-state index in [1.807, 2.05) is 12.1 Å². The van der Waals surface area contributed by atoms with Gasteiger partial charge in [0.05, 0.1) is 11.7 Å². The summed E-state index contributed by atoms with van der Waals surface area (Å²) in [4.78, 5) is 21.6. The molecular weight excluding hydrogens is 306 g/mol. The first kappa shape index (κ1) is 14.8. The molecule has 1 aromatic carbocycles. The fraction of sp³-hybridized carbons (Fsp3) is 0.294. The standard InChI is InChI=1S/C17H17N5O2/c23-15(12-2-3-14-13(10-12)11-20-22-14)21-17(4-8-24-9-5-17)16-18-6-1-7-19-16/h1-3,6-7,10-11H,4-5,8-9H2,(H,20,22)(H,21,23). The van der Waals surface area contributed by atoms with Gasteiger partial charge in [0.25, 0.3) is 5.91 Å². The summed E-state index contributed by atoms with van der Waals surface area (Å²) in [6.07, 6.45) is 6.40. The van der Waals surface area contributed by atoms with Crippen LogP contribution in [-0.2, 0) is 10.3 Å². The highest BCUT2D eigenvalue weighted by Gasteiger charge is 2.38. The van der Waals surface area contributed by atoms with Gasteiger partial charge in [0.1, 0.15) is 5.54 Å². The molecule has 0 atom stereocenters. The average Bonchev–Trinajstić information content (AvgIpc) is 3.11. The van der Waals surface area contributed by atoms with Gasteiger partial charge >= 0.3 is 0 Å². The lowest BCUT2D eigenvalue weighted by atomic mass is 9.88. The minimum absolute atomic E-state index is 0.146. The van der Waals surface area contributed by atoms with Gasteiger partial charge < -0.3 is 10.1 Å². The maximum Gasteiger partial charge on any atom is 0.252 e. The highest BCUT2D eigenvalue weighted by Crippen LogP contribution is 2.30. The number of ether oxygens (including phenoxy) is 1. The fourth-order valence-corrected chi connectivity index (χ4v) is 3.04. The van der Waals surface area contributed by atoms with Crippen molar-refractivity contribution in [1.29, 1.82) is 0 Å². The molecule has 0 unspecified atom stereocenters. The maximum atomic E-state index is 12.8. The van der Waals surface area contributed by atoms with Crippen LogP contribution in [0.3, 0.4) is 0 Å². The molecule has 1 amide bonds. The predicted molar refractivity (Wildman–Crippen MR) is 87.3 cm³/mol. The summed E-state index contributed by atoms with van der Waals surface area (Å²) in [5.41, 5.74) is 0.895. The first-order chi connectivity index (χ1) is 11.8. The van der Waals surface area contributed by atoms with E-state index in [1.54, 1.807) is 30.7 Å². The van der Waals surface area contributed by atoms with Crippen LogP contribution in [0, 0.1) is 0 Å². The van der Waals surface area contributed by atoms with Crippen molar-refractivity contribution >= 4 is 16.8 Å². The number of aromatic nitrogens is 4. The summed E-state index contributed by atoms with van der Waals surface area (Å²) < 4.78 is 5.46. The number of hydrogen-bond acceptors (Lipinski definition) is 5. The molecule has 1 aliphatic rings. The summed E-state index contributed by atoms with van der Waals surface area (Å²) in [6, 6.07) is 7.24. The van der Waals surface area contributed by atoms with E-state index in [9.17, 15) is 4.79 Å². The zero-order valence-corrected chi connectivity index (χ0v) is 13.0. The molecule has 0 spiro atoms. The zero-order chi connectivity index (χ0) is 16.4. The molecule has 1 saturated heterocycles. The van der Waals surface area contributed by atoms with E-state index >= 15 is 0 Å². The van der Waals surface area contributed by atoms with Gasteiger partial charge in [0, 0.05) is 49.4 Å². The van der Waals surface area contributed by atoms with E-state index in [-0.39, 0.29) is 5.91 Å². The molecule has 7 nitrogen and oxygen atoms in total. The molecule has 0 bridgehead atoms. The zero-order valence-electron chi connectivity index (χ0n) is 13.0. The van der Waals surface area contributed by atoms with Crippen molar-refractivity contribution in [2.45, 2.75) is 18.4 Å². The van der Waals surface area contributed by atoms with Gasteiger partial charge in [-0.15, -0.1) is 0 Å². The molecule has 2 aromatic heterocycles. The number of aromatic amines is 1. The molecule has 7 heteroatoms. The third-order valence-corrected chi connectivity index (χ3v) is 4.40. The van der Waals surface area contributed by atoms with Crippen LogP contribution in [0.4, 0.5) is 0 Å². The normalized spacial score (nSPS) is 16.8. The monoisotopic (exact) mass is 323 g/mol. The summed E-state index contributed by atoms with van der Waals surface area (Å²) in [5, 5.41) is 10.9. The second-order valence-electron chi connectivity index (χ2n) is 5.89. The SMILES string of the molecule is O=C(NC1(c2ncccn2)CCOCC1)c1ccc2[nH]ncc2c1. The molecule has 24 heavy (non-hydrogen) atoms. The largest absolute Gasteiger partial charge is 0.381 e. The molecule has 2 N–H and O–H groups in total. The predicted octanol–water partition coefficient (Wildman–Crippen LogP) is 1.79. The Morgan fingerprint density at radius 2 is 2.00 bits per heavy atom. The van der Waals surface area contributed by atoms with Crippen molar-refractivity contribution in [2.24, 2.45) is 0 Å². The van der Waals surface area contributed by atoms with Crippen LogP contribution < -0.4 is 5.32 Å². The lowest BCUT2D eigenvalue weighted by Crippen LogP contribution is -2.50. The van der Waals surface area contributed by atoms with E-state index in [1.165, 1.54) is 0 Å². The number of carbonyl (C=O) groups excluding carboxylic acids is 1. The Hall–Kier alpha value is -2.80. The van der Waals surface area contributed by atoms with E-state index in [0.717, 1.165) is 10.9 Å². The Labute approximate surface area is 138 Å². The molecule has 1 aliphatic heterocycles. The van der Waals surface area contributed by atoms with Crippen LogP contribution in [0.25, 0.3) is 10.9 Å². The van der Waals surface area contributed by atoms with E-state index in [4.69, 9.17) is 4.74 Å². The number of nitrogens with one attached hydrogen (secondary N) is 2. The van der Waals surface area contributed by atoms with Gasteiger partial charge in [-0.1, -0.05) is 0 Å². The Balaban J connectivity index is 1.65. The number of carbonyl (C=O) groups is 1. The summed E-state index contributed by atoms with van der Waals surface area (Å²) in [5.74, 6) is 0.485. The van der Waals surface area contributed by atoms with Crippen LogP contribution in [-0.4, -0.2) is 39.3 Å². The molecule has 1 fully saturated rings. The van der Waals surface area contributed by atoms with Crippen molar-refractivity contribution < 1.29 is 9.53 Å². The number of hydrogen-bond donors (Lipinski definition) is 2. The van der Waals surface area contributed by atoms with Gasteiger partial charge in [0.15, 0.2) is 5.82 Å². The maximum absolute atomic E-state index is 12.8. The molecular formula is C17H17N5O2. The van der Waals surface area contributed by atoms with Crippen LogP contribution in [0.5, 0.6) is 0 Å². The summed E-state index contributed by atoms with van der Waals surface area (Å²) in [7, 11) is 0. The lowest BCUT2D eigenvalue weighted by molar-refractivity contribution is 0.0313. The Kier molecular flexibility index (Phi) is 3.70. The number of fused-ring (bicyclic) bond motifs is 1. The molecule has 0 radical (unpaired) electrons. The van der Waals surface area contributed by atoms with Crippen LogP contribution >= 0.6 is 0 Å². The smallest absolute Gasteiger partial charge is 0.252 e. The van der Waals surface area contributed by atoms with Crippen molar-refractivity contribution in [3.63, 3.8) is 0 Å². The fourth-order valence-electron chi connectivity index (χ4n) is 3.04. The third-order valence-electron chi connectivity index (χ3n) is 4.40. The van der Waals surface area contributed by atoms with Crippen LogP contribution in [0.1, 0.15) is 29.0 Å². The second-order valence-corrected chi connectivity index (χ2v) is 5.89. The number of rotatable bonds is 3. The Bertz CT molecular complexity index is 856. The molecule has 122 valence electrons. The summed E-state index contributed by atoms with van der Waals surface area (Å²) in [6.45, 7) is 1.14. The molecule has 3 heterocycles. The van der Waals surface area contributed by atoms with Gasteiger partial charge in [-0.2, -0.15) is 5.10 Å². The third kappa shape index (κ3) is 2.63. The quantitative estimate of drug-likeness (QED) is 0.766. The molecule has 4 rings (SSSR count). The topological polar surface area (TPSA) is 92.8 Å². The first-order valence-corrected chi connectivity index (χ1v) is 7.88. The van der Waals surface area contributed by atoms with Crippen molar-refractivity contribution in [3.8, 4) is 0 Å². The number of H-pyrrole nitrogens is 1. The van der Waals surface area contributed by atoms with Gasteiger partial charge in [-0.05, 0) is 24.3 Å². The van der Waals surface area contributed by atoms with Crippen molar-refractivity contribution in [2.75, 3.05) is 13.2 Å². The second kappa shape index (κ2) is 6.01. The highest BCUT2D eigenvalue weighted by molar-refractivity contribution is 5.98. The molecule has 0 saturated carbocycles. The minimum atomic E-state index is -0.595. The van der Waals surface area contributed by atoms with Gasteiger partial charge in [0.2, 0.25) is 0 Å². The average molecular weight is 323 g/mol. The van der Waals surface area contributed by atoms with Crippen LogP contribution in [0.15, 0.2) is 42.9 Å². The number of nitrogens with zero attached hydrogens (tertiary/aromatic N) is 3. The number of benzene rings is 1. The Morgan fingerprint density at radius 3 is 2.79 bits per heavy atom. The highest BCUT2D eigenvalue weighted by atomic mass is 16.5. The number of amides is 1. The van der Waals surface area contributed by atoms with E-state index in [2.05, 4.69) is 25.5 Å². The molecule has 0 aliphatic carbocycles. The van der Waals surface area contributed by atoms with E-state index < -0.39 is 5.54 Å². The summed E-state index contributed by atoms with van der Waals surface area (Å²) >= 11 is 0. The van der Waals surface area contributed by atoms with Crippen molar-refractivity contribution in [1.82, 2.24) is 25.5 Å². The molecule has 3 aromatic rings.